The summed E-state index contributed by atoms with van der Waals surface area (Å²) in [6.07, 6.45) is 15.1. The lowest BCUT2D eigenvalue weighted by atomic mass is 10.2. The van der Waals surface area contributed by atoms with E-state index in [9.17, 15) is 0 Å². The van der Waals surface area contributed by atoms with E-state index >= 15 is 0 Å². The normalized spacial score (nSPS) is 12.2. The van der Waals surface area contributed by atoms with Gasteiger partial charge in [0.05, 0.1) is 6.26 Å². The maximum Gasteiger partial charge on any atom is 0.121 e. The van der Waals surface area contributed by atoms with Crippen LogP contribution in [0.5, 0.6) is 0 Å². The average molecular weight is 165 g/mol. The zero-order valence-corrected chi connectivity index (χ0v) is 7.70. The maximum absolute atomic E-state index is 4.48. The van der Waals surface area contributed by atoms with Crippen LogP contribution in [0.15, 0.2) is 36.6 Å². The summed E-state index contributed by atoms with van der Waals surface area (Å²) >= 11 is 0. The third-order valence-corrected chi connectivity index (χ3v) is 1.37. The van der Waals surface area contributed by atoms with Crippen LogP contribution >= 0.6 is 0 Å². The number of ether oxygens (including phenoxy) is 1. The fraction of sp³-hybridized carbons (Fsp3) is 0.364. The molecule has 1 heteroatoms. The first-order chi connectivity index (χ1) is 5.91. The van der Waals surface area contributed by atoms with Crippen LogP contribution in [0.25, 0.3) is 0 Å². The minimum atomic E-state index is 1.16. The van der Waals surface area contributed by atoms with Crippen molar-refractivity contribution in [3.8, 4) is 0 Å². The van der Waals surface area contributed by atoms with Gasteiger partial charge < -0.3 is 4.74 Å². The van der Waals surface area contributed by atoms with E-state index in [4.69, 9.17) is 0 Å². The van der Waals surface area contributed by atoms with Crippen LogP contribution < -0.4 is 0 Å². The summed E-state index contributed by atoms with van der Waals surface area (Å²) in [6, 6.07) is 0. The summed E-state index contributed by atoms with van der Waals surface area (Å²) in [5.74, 6) is 0. The fourth-order valence-electron chi connectivity index (χ4n) is 0.726. The Morgan fingerprint density at radius 2 is 1.92 bits per heavy atom. The van der Waals surface area contributed by atoms with Gasteiger partial charge >= 0.3 is 0 Å². The lowest BCUT2D eigenvalue weighted by Gasteiger charge is -1.85. The minimum Gasteiger partial charge on any atom is -0.498 e. The summed E-state index contributed by atoms with van der Waals surface area (Å²) in [7, 11) is 3.21. The second kappa shape index (κ2) is 10.0. The number of unbranched alkanes of at least 4 members (excludes halogenated alkanes) is 2. The summed E-state index contributed by atoms with van der Waals surface area (Å²) < 4.78 is 4.48. The number of allylic oxidation sites excluding steroid dienone is 5. The van der Waals surface area contributed by atoms with Crippen molar-refractivity contribution in [2.24, 2.45) is 0 Å². The largest absolute Gasteiger partial charge is 0.498 e. The topological polar surface area (TPSA) is 9.23 Å². The molecule has 0 rings (SSSR count). The van der Waals surface area contributed by atoms with Crippen LogP contribution in [0.3, 0.4) is 0 Å². The lowest BCUT2D eigenvalue weighted by molar-refractivity contribution is 0.394. The van der Waals surface area contributed by atoms with Gasteiger partial charge in [0.2, 0.25) is 0 Å². The van der Waals surface area contributed by atoms with Gasteiger partial charge in [0, 0.05) is 0 Å². The van der Waals surface area contributed by atoms with E-state index in [0.717, 1.165) is 6.42 Å². The van der Waals surface area contributed by atoms with E-state index in [0.29, 0.717) is 0 Å². The molecule has 1 nitrogen and oxygen atoms in total. The van der Waals surface area contributed by atoms with Gasteiger partial charge in [0.25, 0.3) is 0 Å². The highest BCUT2D eigenvalue weighted by atomic mass is 16.5. The Balaban J connectivity index is 3.32. The summed E-state index contributed by atoms with van der Waals surface area (Å²) in [4.78, 5) is 0. The first-order valence-electron chi connectivity index (χ1n) is 4.31. The molecule has 0 aliphatic heterocycles. The predicted molar refractivity (Wildman–Crippen MR) is 53.4 cm³/mol. The molecule has 67 valence electrons. The predicted octanol–water partition coefficient (Wildman–Crippen LogP) is 3.61. The Kier molecular flexibility index (Phi) is 9.20. The van der Waals surface area contributed by atoms with Crippen molar-refractivity contribution in [3.05, 3.63) is 43.8 Å². The maximum atomic E-state index is 4.48. The molecular weight excluding hydrogens is 148 g/mol. The smallest absolute Gasteiger partial charge is 0.121 e. The summed E-state index contributed by atoms with van der Waals surface area (Å²) in [6.45, 7) is 2.19. The summed E-state index contributed by atoms with van der Waals surface area (Å²) in [5.41, 5.74) is 0. The van der Waals surface area contributed by atoms with Crippen molar-refractivity contribution < 1.29 is 4.74 Å². The second-order valence-electron chi connectivity index (χ2n) is 2.45. The first-order valence-corrected chi connectivity index (χ1v) is 4.31. The van der Waals surface area contributed by atoms with Crippen LogP contribution in [0, 0.1) is 7.11 Å². The van der Waals surface area contributed by atoms with E-state index in [1.807, 2.05) is 18.2 Å². The van der Waals surface area contributed by atoms with Gasteiger partial charge in [-0.2, -0.15) is 0 Å². The second-order valence-corrected chi connectivity index (χ2v) is 2.45. The molecule has 0 aliphatic carbocycles. The van der Waals surface area contributed by atoms with Gasteiger partial charge in [-0.1, -0.05) is 44.1 Å². The third-order valence-electron chi connectivity index (χ3n) is 1.37. The van der Waals surface area contributed by atoms with Gasteiger partial charge in [-0.05, 0) is 12.5 Å². The van der Waals surface area contributed by atoms with Gasteiger partial charge in [0.1, 0.15) is 7.11 Å². The van der Waals surface area contributed by atoms with Crippen LogP contribution in [-0.2, 0) is 4.74 Å². The number of hydrogen-bond acceptors (Lipinski definition) is 1. The van der Waals surface area contributed by atoms with Crippen molar-refractivity contribution in [1.29, 1.82) is 0 Å². The molecule has 0 atom stereocenters. The highest BCUT2D eigenvalue weighted by molar-refractivity contribution is 5.09. The van der Waals surface area contributed by atoms with Crippen molar-refractivity contribution in [2.45, 2.75) is 26.2 Å². The van der Waals surface area contributed by atoms with Gasteiger partial charge in [0.15, 0.2) is 0 Å². The molecule has 0 saturated heterocycles. The van der Waals surface area contributed by atoms with Gasteiger partial charge in [-0.3, -0.25) is 0 Å². The highest BCUT2D eigenvalue weighted by Gasteiger charge is 1.74. The monoisotopic (exact) mass is 165 g/mol. The molecule has 0 saturated carbocycles. The molecule has 0 aromatic rings. The van der Waals surface area contributed by atoms with E-state index in [1.54, 1.807) is 6.08 Å². The van der Waals surface area contributed by atoms with Gasteiger partial charge in [-0.25, -0.2) is 0 Å². The molecule has 1 radical (unpaired) electrons. The van der Waals surface area contributed by atoms with Crippen molar-refractivity contribution in [1.82, 2.24) is 0 Å². The Morgan fingerprint density at radius 1 is 1.17 bits per heavy atom. The average Bonchev–Trinajstić information content (AvgIpc) is 2.10. The van der Waals surface area contributed by atoms with E-state index in [-0.39, 0.29) is 0 Å². The van der Waals surface area contributed by atoms with E-state index in [2.05, 4.69) is 24.8 Å². The molecule has 0 aliphatic rings. The standard InChI is InChI=1S/C11H17O/c1-3-4-5-6-7-8-9-10-11-12-2/h6-11H,2-5H2,1H3/b7-6+,9-8+,11-10+. The Morgan fingerprint density at radius 3 is 2.58 bits per heavy atom. The molecule has 0 amide bonds. The molecule has 0 spiro atoms. The fourth-order valence-corrected chi connectivity index (χ4v) is 0.726. The third kappa shape index (κ3) is 9.02. The molecule has 0 heterocycles. The molecule has 0 bridgehead atoms. The van der Waals surface area contributed by atoms with E-state index < -0.39 is 0 Å². The minimum absolute atomic E-state index is 1.16. The van der Waals surface area contributed by atoms with Crippen molar-refractivity contribution in [3.63, 3.8) is 0 Å². The van der Waals surface area contributed by atoms with E-state index in [1.165, 1.54) is 19.1 Å². The molecular formula is C11H17O. The van der Waals surface area contributed by atoms with Crippen LogP contribution in [0.2, 0.25) is 0 Å². The lowest BCUT2D eigenvalue weighted by Crippen LogP contribution is -1.64. The number of rotatable bonds is 6. The summed E-state index contributed by atoms with van der Waals surface area (Å²) in [5, 5.41) is 0. The van der Waals surface area contributed by atoms with Crippen LogP contribution in [0.1, 0.15) is 26.2 Å². The zero-order valence-electron chi connectivity index (χ0n) is 7.70. The van der Waals surface area contributed by atoms with Crippen molar-refractivity contribution in [2.75, 3.05) is 0 Å². The SMILES string of the molecule is [CH2]O/C=C/C=C/C=C/CCCC. The van der Waals surface area contributed by atoms with Crippen molar-refractivity contribution >= 4 is 0 Å². The molecule has 0 unspecified atom stereocenters. The Hall–Kier alpha value is -0.980. The molecule has 0 aromatic carbocycles. The van der Waals surface area contributed by atoms with Gasteiger partial charge in [-0.15, -0.1) is 0 Å². The Labute approximate surface area is 75.4 Å². The quantitative estimate of drug-likeness (QED) is 0.332. The number of hydrogen-bond donors (Lipinski definition) is 0. The van der Waals surface area contributed by atoms with Crippen LogP contribution in [-0.4, -0.2) is 0 Å². The first kappa shape index (κ1) is 11.0. The van der Waals surface area contributed by atoms with Crippen LogP contribution in [0.4, 0.5) is 0 Å². The molecule has 0 aromatic heterocycles. The highest BCUT2D eigenvalue weighted by Crippen LogP contribution is 1.94. The molecule has 0 fully saturated rings. The molecule has 0 N–H and O–H groups in total. The molecule has 12 heavy (non-hydrogen) atoms. The Bertz CT molecular complexity index is 154. The zero-order chi connectivity index (χ0) is 9.07.